The quantitative estimate of drug-likeness (QED) is 0.526. The van der Waals surface area contributed by atoms with E-state index >= 15 is 0 Å². The van der Waals surface area contributed by atoms with E-state index in [9.17, 15) is 19.2 Å². The number of fused-ring (bicyclic) bond motifs is 1. The number of anilines is 1. The molecule has 2 aliphatic heterocycles. The van der Waals surface area contributed by atoms with Crippen LogP contribution < -0.4 is 10.6 Å². The number of aryl methyl sites for hydroxylation is 1. The van der Waals surface area contributed by atoms with Gasteiger partial charge in [0.2, 0.25) is 17.7 Å². The highest BCUT2D eigenvalue weighted by Crippen LogP contribution is 2.32. The summed E-state index contributed by atoms with van der Waals surface area (Å²) in [6.45, 7) is 2.01. The van der Waals surface area contributed by atoms with Crippen LogP contribution in [0.3, 0.4) is 0 Å². The summed E-state index contributed by atoms with van der Waals surface area (Å²) >= 11 is 6.02. The molecule has 0 spiro atoms. The first-order valence-electron chi connectivity index (χ1n) is 11.0. The van der Waals surface area contributed by atoms with E-state index in [0.29, 0.717) is 27.5 Å². The zero-order valence-electron chi connectivity index (χ0n) is 18.7. The molecule has 1 fully saturated rings. The second-order valence-electron chi connectivity index (χ2n) is 8.54. The Bertz CT molecular complexity index is 1380. The summed E-state index contributed by atoms with van der Waals surface area (Å²) in [5.41, 5.74) is 3.98. The Kier molecular flexibility index (Phi) is 5.81. The van der Waals surface area contributed by atoms with E-state index in [1.165, 1.54) is 9.58 Å². The highest BCUT2D eigenvalue weighted by atomic mass is 35.5. The minimum absolute atomic E-state index is 0.0753. The number of hydrogen-bond acceptors (Lipinski definition) is 6. The predicted molar refractivity (Wildman–Crippen MR) is 126 cm³/mol. The van der Waals surface area contributed by atoms with Crippen molar-refractivity contribution in [3.8, 4) is 11.3 Å². The second kappa shape index (κ2) is 8.95. The maximum Gasteiger partial charge on any atom is 0.255 e. The van der Waals surface area contributed by atoms with E-state index in [-0.39, 0.29) is 43.7 Å². The molecule has 5 rings (SSSR count). The van der Waals surface area contributed by atoms with Crippen molar-refractivity contribution in [2.24, 2.45) is 0 Å². The number of carbonyl (C=O) groups excluding carboxylic acids is 4. The molecule has 3 aromatic rings. The van der Waals surface area contributed by atoms with E-state index in [2.05, 4.69) is 20.9 Å². The monoisotopic (exact) mass is 492 g/mol. The van der Waals surface area contributed by atoms with Crippen molar-refractivity contribution in [3.63, 3.8) is 0 Å². The molecular weight excluding hydrogens is 472 g/mol. The number of imide groups is 1. The van der Waals surface area contributed by atoms with Crippen LogP contribution in [0.5, 0.6) is 0 Å². The van der Waals surface area contributed by atoms with Gasteiger partial charge in [0.15, 0.2) is 0 Å². The smallest absolute Gasteiger partial charge is 0.255 e. The van der Waals surface area contributed by atoms with Crippen LogP contribution in [0.4, 0.5) is 5.69 Å². The lowest BCUT2D eigenvalue weighted by Crippen LogP contribution is -2.52. The Morgan fingerprint density at radius 3 is 2.80 bits per heavy atom. The first kappa shape index (κ1) is 22.7. The number of nitrogens with one attached hydrogen (secondary N) is 2. The Hall–Kier alpha value is -4.05. The third-order valence-corrected chi connectivity index (χ3v) is 6.40. The van der Waals surface area contributed by atoms with Gasteiger partial charge in [-0.1, -0.05) is 28.9 Å². The summed E-state index contributed by atoms with van der Waals surface area (Å²) < 4.78 is 1.43. The van der Waals surface area contributed by atoms with Gasteiger partial charge in [-0.15, -0.1) is 5.10 Å². The van der Waals surface area contributed by atoms with E-state index in [4.69, 9.17) is 11.6 Å². The van der Waals surface area contributed by atoms with Crippen molar-refractivity contribution in [2.75, 3.05) is 5.32 Å². The van der Waals surface area contributed by atoms with Crippen LogP contribution in [0, 0.1) is 6.92 Å². The zero-order chi connectivity index (χ0) is 24.7. The van der Waals surface area contributed by atoms with Gasteiger partial charge in [0, 0.05) is 40.4 Å². The Labute approximate surface area is 205 Å². The van der Waals surface area contributed by atoms with Gasteiger partial charge in [-0.05, 0) is 43.2 Å². The third-order valence-electron chi connectivity index (χ3n) is 6.16. The fraction of sp³-hybridized carbons (Fsp3) is 0.250. The van der Waals surface area contributed by atoms with E-state index < -0.39 is 11.9 Å². The zero-order valence-corrected chi connectivity index (χ0v) is 19.5. The van der Waals surface area contributed by atoms with Crippen LogP contribution in [0.1, 0.15) is 34.3 Å². The van der Waals surface area contributed by atoms with Crippen molar-refractivity contribution in [2.45, 2.75) is 38.9 Å². The lowest BCUT2D eigenvalue weighted by atomic mass is 10.0. The van der Waals surface area contributed by atoms with Crippen molar-refractivity contribution in [1.82, 2.24) is 25.2 Å². The number of aromatic nitrogens is 3. The highest BCUT2D eigenvalue weighted by molar-refractivity contribution is 6.30. The molecule has 1 atom stereocenters. The van der Waals surface area contributed by atoms with Crippen LogP contribution in [0.15, 0.2) is 42.6 Å². The average molecular weight is 493 g/mol. The van der Waals surface area contributed by atoms with Crippen molar-refractivity contribution >= 4 is 40.9 Å². The summed E-state index contributed by atoms with van der Waals surface area (Å²) in [5.74, 6) is -1.46. The summed E-state index contributed by atoms with van der Waals surface area (Å²) in [5, 5.41) is 14.0. The van der Waals surface area contributed by atoms with Gasteiger partial charge in [0.1, 0.15) is 18.3 Å². The number of hydrogen-bond donors (Lipinski definition) is 2. The summed E-state index contributed by atoms with van der Waals surface area (Å²) in [6.07, 6.45) is 2.13. The molecule has 0 aliphatic carbocycles. The van der Waals surface area contributed by atoms with Crippen molar-refractivity contribution in [3.05, 3.63) is 64.3 Å². The van der Waals surface area contributed by atoms with Gasteiger partial charge in [-0.2, -0.15) is 0 Å². The third kappa shape index (κ3) is 4.40. The molecule has 1 saturated heterocycles. The second-order valence-corrected chi connectivity index (χ2v) is 8.98. The molecule has 10 nitrogen and oxygen atoms in total. The molecule has 2 N–H and O–H groups in total. The molecule has 3 heterocycles. The first-order valence-corrected chi connectivity index (χ1v) is 11.4. The Balaban J connectivity index is 1.29. The fourth-order valence-corrected chi connectivity index (χ4v) is 4.68. The van der Waals surface area contributed by atoms with Crippen LogP contribution >= 0.6 is 11.6 Å². The van der Waals surface area contributed by atoms with Gasteiger partial charge >= 0.3 is 0 Å². The fourth-order valence-electron chi connectivity index (χ4n) is 4.45. The molecule has 2 aromatic carbocycles. The molecule has 2 aliphatic rings. The molecular formula is C24H21ClN6O4. The number of rotatable bonds is 5. The molecule has 0 bridgehead atoms. The molecule has 11 heteroatoms. The minimum atomic E-state index is -0.721. The van der Waals surface area contributed by atoms with Gasteiger partial charge in [-0.25, -0.2) is 4.68 Å². The summed E-state index contributed by atoms with van der Waals surface area (Å²) in [4.78, 5) is 50.9. The number of carbonyl (C=O) groups is 4. The Morgan fingerprint density at radius 1 is 1.20 bits per heavy atom. The standard InChI is InChI=1S/C24H21ClN6O4/c1-13-9-14(25)5-6-15(13)19-11-30(29-28-19)12-22(33)26-18-4-2-3-16-17(18)10-31(24(16)35)20-7-8-21(32)27-23(20)34/h2-6,9,11,20H,7-8,10,12H2,1H3,(H,26,33)(H,27,32,34). The predicted octanol–water partition coefficient (Wildman–Crippen LogP) is 2.31. The Morgan fingerprint density at radius 2 is 2.03 bits per heavy atom. The van der Waals surface area contributed by atoms with Crippen LogP contribution in [-0.4, -0.2) is 49.6 Å². The molecule has 178 valence electrons. The van der Waals surface area contributed by atoms with Crippen molar-refractivity contribution in [1.29, 1.82) is 0 Å². The van der Waals surface area contributed by atoms with E-state index in [1.54, 1.807) is 30.5 Å². The van der Waals surface area contributed by atoms with Crippen LogP contribution in [0.2, 0.25) is 5.02 Å². The SMILES string of the molecule is Cc1cc(Cl)ccc1-c1cn(CC(=O)Nc2cccc3c2CN(C2CCC(=O)NC2=O)C3=O)nn1. The van der Waals surface area contributed by atoms with E-state index in [0.717, 1.165) is 11.1 Å². The average Bonchev–Trinajstić information content (AvgIpc) is 3.39. The van der Waals surface area contributed by atoms with Crippen LogP contribution in [0.25, 0.3) is 11.3 Å². The van der Waals surface area contributed by atoms with Gasteiger partial charge in [0.05, 0.1) is 6.20 Å². The van der Waals surface area contributed by atoms with E-state index in [1.807, 2.05) is 19.1 Å². The first-order chi connectivity index (χ1) is 16.8. The number of nitrogens with zero attached hydrogens (tertiary/aromatic N) is 4. The largest absolute Gasteiger partial charge is 0.324 e. The normalized spacial score (nSPS) is 17.4. The molecule has 35 heavy (non-hydrogen) atoms. The number of benzene rings is 2. The molecule has 1 aromatic heterocycles. The number of amides is 4. The maximum atomic E-state index is 13.0. The van der Waals surface area contributed by atoms with Crippen LogP contribution in [-0.2, 0) is 27.5 Å². The number of halogens is 1. The lowest BCUT2D eigenvalue weighted by Gasteiger charge is -2.29. The number of piperidine rings is 1. The lowest BCUT2D eigenvalue weighted by molar-refractivity contribution is -0.137. The van der Waals surface area contributed by atoms with Gasteiger partial charge < -0.3 is 10.2 Å². The maximum absolute atomic E-state index is 13.0. The molecule has 0 saturated carbocycles. The summed E-state index contributed by atoms with van der Waals surface area (Å²) in [7, 11) is 0. The highest BCUT2D eigenvalue weighted by Gasteiger charge is 2.39. The molecule has 0 radical (unpaired) electrons. The molecule has 4 amide bonds. The molecule has 1 unspecified atom stereocenters. The van der Waals surface area contributed by atoms with Crippen molar-refractivity contribution < 1.29 is 19.2 Å². The van der Waals surface area contributed by atoms with Gasteiger partial charge in [0.25, 0.3) is 5.91 Å². The van der Waals surface area contributed by atoms with Gasteiger partial charge in [-0.3, -0.25) is 24.5 Å². The minimum Gasteiger partial charge on any atom is -0.324 e. The topological polar surface area (TPSA) is 126 Å². The summed E-state index contributed by atoms with van der Waals surface area (Å²) in [6, 6.07) is 9.78.